The van der Waals surface area contributed by atoms with E-state index in [1.165, 1.54) is 10.5 Å². The van der Waals surface area contributed by atoms with E-state index < -0.39 is 11.9 Å². The summed E-state index contributed by atoms with van der Waals surface area (Å²) in [6.45, 7) is 4.36. The molecule has 1 amide bonds. The Balaban J connectivity index is 2.72. The number of primary amides is 1. The zero-order valence-corrected chi connectivity index (χ0v) is 11.3. The molecule has 104 valence electrons. The summed E-state index contributed by atoms with van der Waals surface area (Å²) in [7, 11) is 0. The molecule has 0 bridgehead atoms. The van der Waals surface area contributed by atoms with Crippen molar-refractivity contribution in [3.8, 4) is 0 Å². The Kier molecular flexibility index (Phi) is 5.51. The number of benzene rings is 1. The van der Waals surface area contributed by atoms with Gasteiger partial charge in [-0.15, -0.1) is 0 Å². The van der Waals surface area contributed by atoms with Gasteiger partial charge in [0.25, 0.3) is 0 Å². The molecule has 0 atom stereocenters. The van der Waals surface area contributed by atoms with Crippen LogP contribution in [0.1, 0.15) is 30.9 Å². The predicted octanol–water partition coefficient (Wildman–Crippen LogP) is 1.18. The van der Waals surface area contributed by atoms with E-state index in [4.69, 9.17) is 10.8 Å². The molecule has 0 aliphatic rings. The van der Waals surface area contributed by atoms with Crippen molar-refractivity contribution in [1.82, 2.24) is 4.90 Å². The van der Waals surface area contributed by atoms with E-state index in [-0.39, 0.29) is 13.1 Å². The number of nitrogens with zero attached hydrogens (tertiary/aromatic N) is 1. The molecule has 1 aromatic rings. The fourth-order valence-electron chi connectivity index (χ4n) is 1.85. The van der Waals surface area contributed by atoms with Gasteiger partial charge in [-0.3, -0.25) is 14.5 Å². The number of rotatable bonds is 7. The Hall–Kier alpha value is -1.88. The maximum atomic E-state index is 10.9. The topological polar surface area (TPSA) is 83.6 Å². The number of carbonyl (C=O) groups is 2. The first-order chi connectivity index (χ1) is 8.88. The number of hydrogen-bond donors (Lipinski definition) is 2. The van der Waals surface area contributed by atoms with Gasteiger partial charge in [-0.05, 0) is 17.0 Å². The average molecular weight is 264 g/mol. The first kappa shape index (κ1) is 15.2. The molecule has 0 unspecified atom stereocenters. The van der Waals surface area contributed by atoms with E-state index in [1.807, 2.05) is 24.3 Å². The van der Waals surface area contributed by atoms with Crippen LogP contribution < -0.4 is 5.73 Å². The standard InChI is InChI=1S/C14H20N2O3/c1-10(2)12-5-3-11(4-6-12)7-16(8-13(15)17)9-14(18)19/h3-6,10H,7-9H2,1-2H3,(H2,15,17)(H,18,19). The van der Waals surface area contributed by atoms with E-state index >= 15 is 0 Å². The van der Waals surface area contributed by atoms with Crippen molar-refractivity contribution in [1.29, 1.82) is 0 Å². The molecule has 3 N–H and O–H groups in total. The van der Waals surface area contributed by atoms with Crippen molar-refractivity contribution in [2.24, 2.45) is 5.73 Å². The van der Waals surface area contributed by atoms with Crippen molar-refractivity contribution in [3.63, 3.8) is 0 Å². The fourth-order valence-corrected chi connectivity index (χ4v) is 1.85. The third kappa shape index (κ3) is 5.52. The third-order valence-electron chi connectivity index (χ3n) is 2.79. The number of hydrogen-bond acceptors (Lipinski definition) is 3. The van der Waals surface area contributed by atoms with Crippen LogP contribution in [0.3, 0.4) is 0 Å². The summed E-state index contributed by atoms with van der Waals surface area (Å²) in [5.74, 6) is -1.05. The monoisotopic (exact) mass is 264 g/mol. The van der Waals surface area contributed by atoms with Gasteiger partial charge in [0, 0.05) is 6.54 Å². The Bertz CT molecular complexity index is 425. The van der Waals surface area contributed by atoms with Gasteiger partial charge in [0.15, 0.2) is 0 Å². The number of carbonyl (C=O) groups excluding carboxylic acids is 1. The molecular weight excluding hydrogens is 244 g/mol. The van der Waals surface area contributed by atoms with Crippen LogP contribution in [0.15, 0.2) is 24.3 Å². The molecule has 0 fully saturated rings. The van der Waals surface area contributed by atoms with Gasteiger partial charge in [0.2, 0.25) is 5.91 Å². The Labute approximate surface area is 113 Å². The largest absolute Gasteiger partial charge is 0.480 e. The van der Waals surface area contributed by atoms with Gasteiger partial charge in [-0.2, -0.15) is 0 Å². The van der Waals surface area contributed by atoms with Crippen LogP contribution in [0.25, 0.3) is 0 Å². The van der Waals surface area contributed by atoms with E-state index in [0.717, 1.165) is 5.56 Å². The van der Waals surface area contributed by atoms with Gasteiger partial charge in [0.05, 0.1) is 13.1 Å². The van der Waals surface area contributed by atoms with Crippen LogP contribution >= 0.6 is 0 Å². The van der Waals surface area contributed by atoms with Gasteiger partial charge in [-0.1, -0.05) is 38.1 Å². The molecule has 5 nitrogen and oxygen atoms in total. The highest BCUT2D eigenvalue weighted by atomic mass is 16.4. The summed E-state index contributed by atoms with van der Waals surface area (Å²) >= 11 is 0. The molecule has 0 radical (unpaired) electrons. The minimum Gasteiger partial charge on any atom is -0.480 e. The summed E-state index contributed by atoms with van der Waals surface area (Å²) in [5.41, 5.74) is 7.30. The Morgan fingerprint density at radius 3 is 2.21 bits per heavy atom. The first-order valence-corrected chi connectivity index (χ1v) is 6.19. The highest BCUT2D eigenvalue weighted by Crippen LogP contribution is 2.15. The second kappa shape index (κ2) is 6.89. The van der Waals surface area contributed by atoms with Gasteiger partial charge in [0.1, 0.15) is 0 Å². The summed E-state index contributed by atoms with van der Waals surface area (Å²) in [6, 6.07) is 7.93. The van der Waals surface area contributed by atoms with Gasteiger partial charge >= 0.3 is 5.97 Å². The smallest absolute Gasteiger partial charge is 0.317 e. The van der Waals surface area contributed by atoms with Crippen LogP contribution in [0.4, 0.5) is 0 Å². The van der Waals surface area contributed by atoms with Crippen LogP contribution in [-0.4, -0.2) is 35.0 Å². The highest BCUT2D eigenvalue weighted by Gasteiger charge is 2.12. The quantitative estimate of drug-likeness (QED) is 0.774. The molecule has 0 spiro atoms. The molecule has 5 heteroatoms. The summed E-state index contributed by atoms with van der Waals surface area (Å²) in [6.07, 6.45) is 0. The van der Waals surface area contributed by atoms with Crippen LogP contribution in [0.5, 0.6) is 0 Å². The lowest BCUT2D eigenvalue weighted by atomic mass is 10.0. The van der Waals surface area contributed by atoms with Crippen molar-refractivity contribution in [2.75, 3.05) is 13.1 Å². The number of amides is 1. The number of nitrogens with two attached hydrogens (primary N) is 1. The molecule has 0 aliphatic carbocycles. The summed E-state index contributed by atoms with van der Waals surface area (Å²) in [5, 5.41) is 8.80. The average Bonchev–Trinajstić information content (AvgIpc) is 2.27. The number of carboxylic acid groups (broad SMARTS) is 1. The van der Waals surface area contributed by atoms with Gasteiger partial charge in [-0.25, -0.2) is 0 Å². The van der Waals surface area contributed by atoms with Crippen molar-refractivity contribution < 1.29 is 14.7 Å². The van der Waals surface area contributed by atoms with E-state index in [1.54, 1.807) is 0 Å². The second-order valence-corrected chi connectivity index (χ2v) is 4.90. The van der Waals surface area contributed by atoms with E-state index in [0.29, 0.717) is 12.5 Å². The van der Waals surface area contributed by atoms with E-state index in [2.05, 4.69) is 13.8 Å². The van der Waals surface area contributed by atoms with Crippen LogP contribution in [0.2, 0.25) is 0 Å². The maximum absolute atomic E-state index is 10.9. The molecule has 1 aromatic carbocycles. The predicted molar refractivity (Wildman–Crippen MR) is 72.6 cm³/mol. The lowest BCUT2D eigenvalue weighted by molar-refractivity contribution is -0.138. The molecule has 19 heavy (non-hydrogen) atoms. The molecule has 0 aromatic heterocycles. The molecule has 1 rings (SSSR count). The van der Waals surface area contributed by atoms with Gasteiger partial charge < -0.3 is 10.8 Å². The van der Waals surface area contributed by atoms with E-state index in [9.17, 15) is 9.59 Å². The minimum atomic E-state index is -0.972. The third-order valence-corrected chi connectivity index (χ3v) is 2.79. The van der Waals surface area contributed by atoms with Crippen molar-refractivity contribution in [3.05, 3.63) is 35.4 Å². The number of carboxylic acids is 1. The lowest BCUT2D eigenvalue weighted by Crippen LogP contribution is -2.36. The van der Waals surface area contributed by atoms with Crippen molar-refractivity contribution >= 4 is 11.9 Å². The summed E-state index contributed by atoms with van der Waals surface area (Å²) in [4.78, 5) is 23.2. The molecule has 0 saturated carbocycles. The second-order valence-electron chi connectivity index (χ2n) is 4.90. The minimum absolute atomic E-state index is 0.0573. The first-order valence-electron chi connectivity index (χ1n) is 6.19. The molecular formula is C14H20N2O3. The molecule has 0 heterocycles. The zero-order valence-electron chi connectivity index (χ0n) is 11.3. The van der Waals surface area contributed by atoms with Crippen LogP contribution in [0, 0.1) is 0 Å². The highest BCUT2D eigenvalue weighted by molar-refractivity contribution is 5.77. The lowest BCUT2D eigenvalue weighted by Gasteiger charge is -2.18. The molecule has 0 saturated heterocycles. The summed E-state index contributed by atoms with van der Waals surface area (Å²) < 4.78 is 0. The SMILES string of the molecule is CC(C)c1ccc(CN(CC(N)=O)CC(=O)O)cc1. The number of aliphatic carboxylic acids is 1. The van der Waals surface area contributed by atoms with Crippen LogP contribution in [-0.2, 0) is 16.1 Å². The Morgan fingerprint density at radius 1 is 1.21 bits per heavy atom. The molecule has 0 aliphatic heterocycles. The normalized spacial score (nSPS) is 10.9. The van der Waals surface area contributed by atoms with Crippen molar-refractivity contribution in [2.45, 2.75) is 26.3 Å². The fraction of sp³-hybridized carbons (Fsp3) is 0.429. The Morgan fingerprint density at radius 2 is 1.79 bits per heavy atom. The maximum Gasteiger partial charge on any atom is 0.317 e. The zero-order chi connectivity index (χ0) is 14.4.